The Bertz CT molecular complexity index is 883. The monoisotopic (exact) mass is 447 g/mol. The molecule has 0 aliphatic rings. The van der Waals surface area contributed by atoms with Crippen molar-refractivity contribution >= 4 is 60.9 Å². The zero-order chi connectivity index (χ0) is 17.3. The van der Waals surface area contributed by atoms with Gasteiger partial charge in [0.25, 0.3) is 5.91 Å². The molecule has 0 radical (unpaired) electrons. The Morgan fingerprint density at radius 1 is 1.28 bits per heavy atom. The zero-order valence-electron chi connectivity index (χ0n) is 13.5. The second-order valence-electron chi connectivity index (χ2n) is 5.47. The molecule has 0 aliphatic heterocycles. The smallest absolute Gasteiger partial charge is 0.295 e. The van der Waals surface area contributed by atoms with Crippen LogP contribution in [-0.4, -0.2) is 43.0 Å². The van der Waals surface area contributed by atoms with Crippen molar-refractivity contribution in [3.8, 4) is 0 Å². The lowest BCUT2D eigenvalue weighted by molar-refractivity contribution is 0.0957. The fourth-order valence-corrected chi connectivity index (χ4v) is 3.47. The van der Waals surface area contributed by atoms with E-state index in [-0.39, 0.29) is 29.9 Å². The molecular weight excluding hydrogens is 433 g/mol. The summed E-state index contributed by atoms with van der Waals surface area (Å²) in [6.45, 7) is 1.12. The van der Waals surface area contributed by atoms with Crippen LogP contribution in [0.3, 0.4) is 0 Å². The minimum atomic E-state index is -0.321. The molecule has 1 aromatic carbocycles. The molecule has 0 saturated heterocycles. The number of anilines is 1. The van der Waals surface area contributed by atoms with Crippen molar-refractivity contribution in [2.24, 2.45) is 0 Å². The number of rotatable bonds is 5. The van der Waals surface area contributed by atoms with Crippen LogP contribution in [0.5, 0.6) is 0 Å². The molecule has 3 aromatic rings. The first-order valence-electron chi connectivity index (χ1n) is 7.22. The summed E-state index contributed by atoms with van der Waals surface area (Å²) >= 11 is 4.49. The van der Waals surface area contributed by atoms with Gasteiger partial charge in [-0.1, -0.05) is 11.3 Å². The van der Waals surface area contributed by atoms with Crippen molar-refractivity contribution < 1.29 is 13.6 Å². The van der Waals surface area contributed by atoms with Crippen LogP contribution in [0.25, 0.3) is 10.2 Å². The molecular formula is C16H16BrClFN3O2S. The van der Waals surface area contributed by atoms with Crippen LogP contribution >= 0.6 is 39.7 Å². The number of furan rings is 1. The molecule has 25 heavy (non-hydrogen) atoms. The van der Waals surface area contributed by atoms with E-state index in [4.69, 9.17) is 4.42 Å². The third-order valence-electron chi connectivity index (χ3n) is 3.37. The fraction of sp³-hybridized carbons (Fsp3) is 0.250. The van der Waals surface area contributed by atoms with E-state index < -0.39 is 0 Å². The lowest BCUT2D eigenvalue weighted by Gasteiger charge is -2.20. The molecule has 1 amide bonds. The number of thiazole rings is 1. The van der Waals surface area contributed by atoms with E-state index in [9.17, 15) is 9.18 Å². The standard InChI is InChI=1S/C16H15BrFN3O2S.ClH/c1-20(2)7-8-21(15(22)12-5-6-14(17)23-12)16-19-11-4-3-10(18)9-13(11)24-16;/h3-6,9H,7-8H2,1-2H3;1H. The minimum absolute atomic E-state index is 0. The summed E-state index contributed by atoms with van der Waals surface area (Å²) in [7, 11) is 3.86. The molecule has 0 N–H and O–H groups in total. The first-order valence-corrected chi connectivity index (χ1v) is 8.83. The minimum Gasteiger partial charge on any atom is -0.444 e. The van der Waals surface area contributed by atoms with Gasteiger partial charge >= 0.3 is 0 Å². The van der Waals surface area contributed by atoms with Crippen molar-refractivity contribution in [3.63, 3.8) is 0 Å². The SMILES string of the molecule is CN(C)CCN(C(=O)c1ccc(Br)o1)c1nc2ccc(F)cc2s1.Cl. The van der Waals surface area contributed by atoms with Crippen LogP contribution in [0.2, 0.25) is 0 Å². The number of nitrogens with zero attached hydrogens (tertiary/aromatic N) is 3. The van der Waals surface area contributed by atoms with Gasteiger partial charge in [-0.25, -0.2) is 9.37 Å². The highest BCUT2D eigenvalue weighted by molar-refractivity contribution is 9.10. The summed E-state index contributed by atoms with van der Waals surface area (Å²) in [5, 5.41) is 0.523. The Morgan fingerprint density at radius 2 is 2.04 bits per heavy atom. The van der Waals surface area contributed by atoms with E-state index in [0.717, 1.165) is 0 Å². The molecule has 0 saturated carbocycles. The number of hydrogen-bond donors (Lipinski definition) is 0. The van der Waals surface area contributed by atoms with Gasteiger partial charge in [0.2, 0.25) is 0 Å². The Labute approximate surface area is 163 Å². The van der Waals surface area contributed by atoms with E-state index >= 15 is 0 Å². The van der Waals surface area contributed by atoms with Gasteiger partial charge in [-0.2, -0.15) is 0 Å². The molecule has 0 bridgehead atoms. The van der Waals surface area contributed by atoms with Gasteiger partial charge < -0.3 is 9.32 Å². The Hall–Kier alpha value is -1.48. The highest BCUT2D eigenvalue weighted by atomic mass is 79.9. The van der Waals surface area contributed by atoms with Gasteiger partial charge in [0.05, 0.1) is 10.2 Å². The quantitative estimate of drug-likeness (QED) is 0.580. The summed E-state index contributed by atoms with van der Waals surface area (Å²) in [6.07, 6.45) is 0. The second-order valence-corrected chi connectivity index (χ2v) is 7.26. The maximum absolute atomic E-state index is 13.4. The van der Waals surface area contributed by atoms with Gasteiger partial charge in [0.1, 0.15) is 5.82 Å². The van der Waals surface area contributed by atoms with Crippen LogP contribution in [0.1, 0.15) is 10.6 Å². The average molecular weight is 449 g/mol. The molecule has 0 atom stereocenters. The number of benzene rings is 1. The van der Waals surface area contributed by atoms with Crippen molar-refractivity contribution in [1.29, 1.82) is 0 Å². The zero-order valence-corrected chi connectivity index (χ0v) is 16.8. The number of aromatic nitrogens is 1. The topological polar surface area (TPSA) is 49.6 Å². The van der Waals surface area contributed by atoms with Crippen molar-refractivity contribution in [1.82, 2.24) is 9.88 Å². The number of halogens is 3. The lowest BCUT2D eigenvalue weighted by atomic mass is 10.3. The third kappa shape index (κ3) is 4.58. The number of amides is 1. The normalized spacial score (nSPS) is 10.9. The molecule has 134 valence electrons. The summed E-state index contributed by atoms with van der Waals surface area (Å²) in [5.74, 6) is -0.369. The fourth-order valence-electron chi connectivity index (χ4n) is 2.15. The Morgan fingerprint density at radius 3 is 2.68 bits per heavy atom. The van der Waals surface area contributed by atoms with Crippen molar-refractivity contribution in [2.45, 2.75) is 0 Å². The number of carbonyl (C=O) groups excluding carboxylic acids is 1. The first kappa shape index (κ1) is 19.8. The molecule has 9 heteroatoms. The van der Waals surface area contributed by atoms with Gasteiger partial charge in [-0.05, 0) is 60.4 Å². The molecule has 0 spiro atoms. The number of likely N-dealkylation sites (N-methyl/N-ethyl adjacent to an activating group) is 1. The first-order chi connectivity index (χ1) is 11.4. The second kappa shape index (κ2) is 8.27. The van der Waals surface area contributed by atoms with E-state index in [0.29, 0.717) is 33.1 Å². The van der Waals surface area contributed by atoms with Gasteiger partial charge in [0.15, 0.2) is 15.6 Å². The Balaban J connectivity index is 0.00000225. The highest BCUT2D eigenvalue weighted by Gasteiger charge is 2.24. The van der Waals surface area contributed by atoms with Crippen molar-refractivity contribution in [3.05, 3.63) is 46.6 Å². The van der Waals surface area contributed by atoms with E-state index in [1.165, 1.54) is 23.5 Å². The molecule has 5 nitrogen and oxygen atoms in total. The van der Waals surface area contributed by atoms with Crippen LogP contribution in [0, 0.1) is 5.82 Å². The molecule has 0 fully saturated rings. The molecule has 2 heterocycles. The van der Waals surface area contributed by atoms with Crippen molar-refractivity contribution in [2.75, 3.05) is 32.1 Å². The third-order valence-corrected chi connectivity index (χ3v) is 4.84. The van der Waals surface area contributed by atoms with Gasteiger partial charge in [-0.3, -0.25) is 9.69 Å². The largest absolute Gasteiger partial charge is 0.444 e. The van der Waals surface area contributed by atoms with Crippen LogP contribution < -0.4 is 4.90 Å². The van der Waals surface area contributed by atoms with E-state index in [2.05, 4.69) is 20.9 Å². The van der Waals surface area contributed by atoms with E-state index in [1.54, 1.807) is 23.1 Å². The predicted molar refractivity (Wildman–Crippen MR) is 103 cm³/mol. The van der Waals surface area contributed by atoms with Crippen LogP contribution in [0.4, 0.5) is 9.52 Å². The predicted octanol–water partition coefficient (Wildman–Crippen LogP) is 4.42. The molecule has 0 aliphatic carbocycles. The summed E-state index contributed by atoms with van der Waals surface area (Å²) in [5.41, 5.74) is 0.666. The maximum atomic E-state index is 13.4. The van der Waals surface area contributed by atoms with Gasteiger partial charge in [-0.15, -0.1) is 12.4 Å². The van der Waals surface area contributed by atoms with Crippen LogP contribution in [-0.2, 0) is 0 Å². The molecule has 3 rings (SSSR count). The summed E-state index contributed by atoms with van der Waals surface area (Å²) in [4.78, 5) is 20.8. The van der Waals surface area contributed by atoms with E-state index in [1.807, 2.05) is 19.0 Å². The maximum Gasteiger partial charge on any atom is 0.295 e. The highest BCUT2D eigenvalue weighted by Crippen LogP contribution is 2.30. The number of fused-ring (bicyclic) bond motifs is 1. The summed E-state index contributed by atoms with van der Waals surface area (Å²) < 4.78 is 20.0. The average Bonchev–Trinajstić information content (AvgIpc) is 3.12. The number of carbonyl (C=O) groups is 1. The molecule has 0 unspecified atom stereocenters. The summed E-state index contributed by atoms with van der Waals surface area (Å²) in [6, 6.07) is 7.69. The van der Waals surface area contributed by atoms with Crippen LogP contribution in [0.15, 0.2) is 39.4 Å². The Kier molecular flexibility index (Phi) is 6.56. The lowest BCUT2D eigenvalue weighted by Crippen LogP contribution is -2.36. The number of hydrogen-bond acceptors (Lipinski definition) is 5. The molecule has 2 aromatic heterocycles. The van der Waals surface area contributed by atoms with Gasteiger partial charge in [0, 0.05) is 13.1 Å².